The van der Waals surface area contributed by atoms with Gasteiger partial charge < -0.3 is 0 Å². The Kier molecular flexibility index (Phi) is 4.92. The fraction of sp³-hybridized carbons (Fsp3) is 0.714. The second-order valence-corrected chi connectivity index (χ2v) is 3.80. The highest BCUT2D eigenvalue weighted by Crippen LogP contribution is 1.96. The van der Waals surface area contributed by atoms with E-state index in [1.807, 2.05) is 0 Å². The topological polar surface area (TPSA) is 43.4 Å². The first-order valence-corrected chi connectivity index (χ1v) is 5.00. The van der Waals surface area contributed by atoms with E-state index in [1.54, 1.807) is 6.92 Å². The second kappa shape index (κ2) is 5.16. The van der Waals surface area contributed by atoms with E-state index in [0.717, 1.165) is 0 Å². The highest BCUT2D eigenvalue weighted by atomic mass is 32.2. The Hall–Kier alpha value is -0.530. The molecule has 0 aliphatic rings. The van der Waals surface area contributed by atoms with Crippen molar-refractivity contribution in [1.29, 1.82) is 0 Å². The van der Waals surface area contributed by atoms with Crippen LogP contribution < -0.4 is 0 Å². The second-order valence-electron chi connectivity index (χ2n) is 2.04. The van der Waals surface area contributed by atoms with Crippen LogP contribution >= 0.6 is 0 Å². The van der Waals surface area contributed by atoms with Gasteiger partial charge in [0, 0.05) is 6.42 Å². The molecular weight excluding hydrogens is 164 g/mol. The highest BCUT2D eigenvalue weighted by molar-refractivity contribution is 7.86. The number of terminal acetylenes is 1. The van der Waals surface area contributed by atoms with Crippen molar-refractivity contribution in [3.05, 3.63) is 0 Å². The molecule has 0 atom stereocenters. The van der Waals surface area contributed by atoms with Crippen LogP contribution in [-0.2, 0) is 14.3 Å². The standard InChI is InChI=1S/C7H12O3S/c1-3-5-6-10-11(8,9)7-4-2/h1H,4-7H2,2H3. The average Bonchev–Trinajstić information content (AvgIpc) is 1.87. The molecule has 0 aliphatic carbocycles. The molecule has 0 saturated carbocycles. The first kappa shape index (κ1) is 10.5. The molecular formula is C7H12O3S. The van der Waals surface area contributed by atoms with E-state index in [-0.39, 0.29) is 12.4 Å². The summed E-state index contributed by atoms with van der Waals surface area (Å²) in [6.07, 6.45) is 5.81. The molecule has 0 fully saturated rings. The van der Waals surface area contributed by atoms with E-state index in [1.165, 1.54) is 0 Å². The Bertz CT molecular complexity index is 223. The van der Waals surface area contributed by atoms with Gasteiger partial charge in [-0.25, -0.2) is 0 Å². The van der Waals surface area contributed by atoms with Gasteiger partial charge in [0.05, 0.1) is 12.4 Å². The summed E-state index contributed by atoms with van der Waals surface area (Å²) in [7, 11) is -3.30. The molecule has 3 nitrogen and oxygen atoms in total. The van der Waals surface area contributed by atoms with Crippen LogP contribution in [0.15, 0.2) is 0 Å². The zero-order valence-corrected chi connectivity index (χ0v) is 7.36. The fourth-order valence-corrected chi connectivity index (χ4v) is 1.49. The largest absolute Gasteiger partial charge is 0.269 e. The molecule has 64 valence electrons. The van der Waals surface area contributed by atoms with Crippen molar-refractivity contribution in [2.45, 2.75) is 19.8 Å². The molecule has 0 aromatic carbocycles. The SMILES string of the molecule is C#CCCOS(=O)(=O)CCC. The van der Waals surface area contributed by atoms with Gasteiger partial charge in [-0.1, -0.05) is 6.92 Å². The van der Waals surface area contributed by atoms with Crippen molar-refractivity contribution in [3.63, 3.8) is 0 Å². The minimum atomic E-state index is -3.30. The first-order valence-electron chi connectivity index (χ1n) is 3.43. The highest BCUT2D eigenvalue weighted by Gasteiger charge is 2.07. The summed E-state index contributed by atoms with van der Waals surface area (Å²) >= 11 is 0. The summed E-state index contributed by atoms with van der Waals surface area (Å²) in [5.41, 5.74) is 0. The first-order chi connectivity index (χ1) is 5.12. The summed E-state index contributed by atoms with van der Waals surface area (Å²) in [6.45, 7) is 1.88. The van der Waals surface area contributed by atoms with Crippen molar-refractivity contribution < 1.29 is 12.6 Å². The van der Waals surface area contributed by atoms with Crippen molar-refractivity contribution in [2.24, 2.45) is 0 Å². The number of hydrogen-bond acceptors (Lipinski definition) is 3. The van der Waals surface area contributed by atoms with Crippen LogP contribution in [0.3, 0.4) is 0 Å². The van der Waals surface area contributed by atoms with Crippen LogP contribution in [0.5, 0.6) is 0 Å². The van der Waals surface area contributed by atoms with Crippen molar-refractivity contribution in [2.75, 3.05) is 12.4 Å². The minimum absolute atomic E-state index is 0.0670. The maximum atomic E-state index is 10.8. The lowest BCUT2D eigenvalue weighted by atomic mass is 10.5. The van der Waals surface area contributed by atoms with Crippen LogP contribution in [-0.4, -0.2) is 20.8 Å². The molecule has 0 aromatic heterocycles. The lowest BCUT2D eigenvalue weighted by molar-refractivity contribution is 0.326. The van der Waals surface area contributed by atoms with Crippen LogP contribution in [0, 0.1) is 12.3 Å². The predicted octanol–water partition coefficient (Wildman–Crippen LogP) is 0.766. The molecule has 0 saturated heterocycles. The monoisotopic (exact) mass is 176 g/mol. The zero-order valence-electron chi connectivity index (χ0n) is 6.54. The van der Waals surface area contributed by atoms with E-state index >= 15 is 0 Å². The average molecular weight is 176 g/mol. The number of hydrogen-bond donors (Lipinski definition) is 0. The van der Waals surface area contributed by atoms with E-state index in [4.69, 9.17) is 6.42 Å². The van der Waals surface area contributed by atoms with Crippen molar-refractivity contribution in [3.8, 4) is 12.3 Å². The van der Waals surface area contributed by atoms with Gasteiger partial charge in [-0.2, -0.15) is 8.42 Å². The molecule has 0 aliphatic heterocycles. The van der Waals surface area contributed by atoms with Gasteiger partial charge in [0.2, 0.25) is 0 Å². The normalized spacial score (nSPS) is 10.9. The summed E-state index contributed by atoms with van der Waals surface area (Å²) < 4.78 is 26.2. The van der Waals surface area contributed by atoms with Crippen LogP contribution in [0.1, 0.15) is 19.8 Å². The van der Waals surface area contributed by atoms with Gasteiger partial charge >= 0.3 is 0 Å². The third-order valence-electron chi connectivity index (χ3n) is 0.963. The lowest BCUT2D eigenvalue weighted by Gasteiger charge is -2.00. The molecule has 11 heavy (non-hydrogen) atoms. The van der Waals surface area contributed by atoms with Crippen molar-refractivity contribution in [1.82, 2.24) is 0 Å². The molecule has 0 bridgehead atoms. The maximum Gasteiger partial charge on any atom is 0.267 e. The molecule has 0 amide bonds. The third-order valence-corrected chi connectivity index (χ3v) is 2.40. The summed E-state index contributed by atoms with van der Waals surface area (Å²) in [6, 6.07) is 0. The third kappa shape index (κ3) is 5.89. The predicted molar refractivity (Wildman–Crippen MR) is 43.5 cm³/mol. The fourth-order valence-electron chi connectivity index (χ4n) is 0.536. The lowest BCUT2D eigenvalue weighted by Crippen LogP contribution is -2.10. The van der Waals surface area contributed by atoms with Gasteiger partial charge in [0.25, 0.3) is 10.1 Å². The Morgan fingerprint density at radius 1 is 1.55 bits per heavy atom. The quantitative estimate of drug-likeness (QED) is 0.353. The van der Waals surface area contributed by atoms with Gasteiger partial charge in [-0.3, -0.25) is 4.18 Å². The Labute approximate surface area is 67.9 Å². The summed E-state index contributed by atoms with van der Waals surface area (Å²) in [5, 5.41) is 0. The smallest absolute Gasteiger partial charge is 0.267 e. The molecule has 0 heterocycles. The molecule has 0 rings (SSSR count). The Morgan fingerprint density at radius 2 is 2.18 bits per heavy atom. The molecule has 0 N–H and O–H groups in total. The molecule has 0 radical (unpaired) electrons. The minimum Gasteiger partial charge on any atom is -0.269 e. The van der Waals surface area contributed by atoms with E-state index in [9.17, 15) is 8.42 Å². The van der Waals surface area contributed by atoms with Crippen LogP contribution in [0.2, 0.25) is 0 Å². The van der Waals surface area contributed by atoms with E-state index in [2.05, 4.69) is 10.1 Å². The molecule has 0 spiro atoms. The summed E-state index contributed by atoms with van der Waals surface area (Å²) in [4.78, 5) is 0. The zero-order chi connectivity index (χ0) is 8.74. The Morgan fingerprint density at radius 3 is 2.64 bits per heavy atom. The summed E-state index contributed by atoms with van der Waals surface area (Å²) in [5.74, 6) is 2.36. The molecule has 0 unspecified atom stereocenters. The van der Waals surface area contributed by atoms with Gasteiger partial charge in [0.15, 0.2) is 0 Å². The number of rotatable bonds is 5. The maximum absolute atomic E-state index is 10.8. The molecule has 0 aromatic rings. The Balaban J connectivity index is 3.67. The van der Waals surface area contributed by atoms with E-state index in [0.29, 0.717) is 12.8 Å². The van der Waals surface area contributed by atoms with Crippen LogP contribution in [0.25, 0.3) is 0 Å². The van der Waals surface area contributed by atoms with Gasteiger partial charge in [0.1, 0.15) is 0 Å². The van der Waals surface area contributed by atoms with Crippen molar-refractivity contribution >= 4 is 10.1 Å². The molecule has 4 heteroatoms. The van der Waals surface area contributed by atoms with Gasteiger partial charge in [-0.05, 0) is 6.42 Å². The van der Waals surface area contributed by atoms with Gasteiger partial charge in [-0.15, -0.1) is 12.3 Å². The van der Waals surface area contributed by atoms with Crippen LogP contribution in [0.4, 0.5) is 0 Å². The van der Waals surface area contributed by atoms with E-state index < -0.39 is 10.1 Å².